The lowest BCUT2D eigenvalue weighted by Crippen LogP contribution is -2.27. The molecule has 0 radical (unpaired) electrons. The average Bonchev–Trinajstić information content (AvgIpc) is 2.54. The number of benzene rings is 1. The molecule has 1 amide bonds. The van der Waals surface area contributed by atoms with Crippen LogP contribution >= 0.6 is 11.8 Å². The minimum absolute atomic E-state index is 0.0455. The van der Waals surface area contributed by atoms with Crippen molar-refractivity contribution in [2.45, 2.75) is 11.3 Å². The summed E-state index contributed by atoms with van der Waals surface area (Å²) in [4.78, 5) is 26.8. The minimum atomic E-state index is -0.446. The Labute approximate surface area is 132 Å². The fourth-order valence-electron chi connectivity index (χ4n) is 1.74. The molecular weight excluding hydrogens is 302 g/mol. The van der Waals surface area contributed by atoms with Crippen LogP contribution in [0.25, 0.3) is 0 Å². The van der Waals surface area contributed by atoms with E-state index >= 15 is 0 Å². The van der Waals surface area contributed by atoms with Gasteiger partial charge >= 0.3 is 0 Å². The first-order valence-corrected chi connectivity index (χ1v) is 7.67. The number of hydrogen-bond acceptors (Lipinski definition) is 5. The maximum Gasteiger partial charge on any atom is 0.269 e. The SMILES string of the molecule is O=C(CSc1ccc([N+](=O)[O-])cc1)NCCc1ccccn1. The summed E-state index contributed by atoms with van der Waals surface area (Å²) in [5, 5.41) is 13.4. The van der Waals surface area contributed by atoms with Crippen LogP contribution in [0.3, 0.4) is 0 Å². The molecule has 1 N–H and O–H groups in total. The molecule has 7 heteroatoms. The third-order valence-corrected chi connectivity index (χ3v) is 3.86. The van der Waals surface area contributed by atoms with E-state index in [1.165, 1.54) is 23.9 Å². The van der Waals surface area contributed by atoms with Crippen molar-refractivity contribution in [3.05, 3.63) is 64.5 Å². The molecule has 0 unspecified atom stereocenters. The molecule has 0 fully saturated rings. The summed E-state index contributed by atoms with van der Waals surface area (Å²) >= 11 is 1.34. The molecule has 0 spiro atoms. The lowest BCUT2D eigenvalue weighted by molar-refractivity contribution is -0.384. The molecule has 1 aromatic heterocycles. The van der Waals surface area contributed by atoms with Gasteiger partial charge in [0.2, 0.25) is 5.91 Å². The van der Waals surface area contributed by atoms with Gasteiger partial charge in [-0.15, -0.1) is 11.8 Å². The molecule has 114 valence electrons. The zero-order chi connectivity index (χ0) is 15.8. The lowest BCUT2D eigenvalue weighted by atomic mass is 10.3. The van der Waals surface area contributed by atoms with Crippen molar-refractivity contribution in [3.8, 4) is 0 Å². The first kappa shape index (κ1) is 16.0. The number of hydrogen-bond donors (Lipinski definition) is 1. The summed E-state index contributed by atoms with van der Waals surface area (Å²) in [6.45, 7) is 0.538. The van der Waals surface area contributed by atoms with Gasteiger partial charge in [0.25, 0.3) is 5.69 Å². The Hall–Kier alpha value is -2.41. The van der Waals surface area contributed by atoms with E-state index in [4.69, 9.17) is 0 Å². The van der Waals surface area contributed by atoms with E-state index in [0.717, 1.165) is 10.6 Å². The second-order valence-corrected chi connectivity index (χ2v) is 5.51. The fourth-order valence-corrected chi connectivity index (χ4v) is 2.47. The summed E-state index contributed by atoms with van der Waals surface area (Å²) in [5.74, 6) is 0.208. The van der Waals surface area contributed by atoms with Gasteiger partial charge in [-0.1, -0.05) is 6.07 Å². The Bertz CT molecular complexity index is 632. The van der Waals surface area contributed by atoms with Gasteiger partial charge in [0, 0.05) is 41.9 Å². The van der Waals surface area contributed by atoms with E-state index in [0.29, 0.717) is 13.0 Å². The van der Waals surface area contributed by atoms with Crippen LogP contribution in [0.2, 0.25) is 0 Å². The van der Waals surface area contributed by atoms with Crippen molar-refractivity contribution in [2.75, 3.05) is 12.3 Å². The molecule has 0 aliphatic carbocycles. The normalized spacial score (nSPS) is 10.2. The number of aromatic nitrogens is 1. The third-order valence-electron chi connectivity index (χ3n) is 2.85. The van der Waals surface area contributed by atoms with Crippen molar-refractivity contribution in [1.29, 1.82) is 0 Å². The van der Waals surface area contributed by atoms with Crippen LogP contribution < -0.4 is 5.32 Å². The van der Waals surface area contributed by atoms with E-state index in [-0.39, 0.29) is 17.3 Å². The maximum atomic E-state index is 11.7. The highest BCUT2D eigenvalue weighted by Crippen LogP contribution is 2.20. The van der Waals surface area contributed by atoms with Crippen LogP contribution in [-0.4, -0.2) is 28.1 Å². The number of nitrogens with zero attached hydrogens (tertiary/aromatic N) is 2. The van der Waals surface area contributed by atoms with Crippen LogP contribution in [0.4, 0.5) is 5.69 Å². The molecule has 6 nitrogen and oxygen atoms in total. The predicted octanol–water partition coefficient (Wildman–Crippen LogP) is 2.44. The zero-order valence-corrected chi connectivity index (χ0v) is 12.6. The average molecular weight is 317 g/mol. The summed E-state index contributed by atoms with van der Waals surface area (Å²) in [7, 11) is 0. The Balaban J connectivity index is 1.70. The summed E-state index contributed by atoms with van der Waals surface area (Å²) in [5.41, 5.74) is 0.981. The predicted molar refractivity (Wildman–Crippen MR) is 84.8 cm³/mol. The Morgan fingerprint density at radius 3 is 2.64 bits per heavy atom. The highest BCUT2D eigenvalue weighted by Gasteiger charge is 2.06. The van der Waals surface area contributed by atoms with E-state index in [1.807, 2.05) is 18.2 Å². The van der Waals surface area contributed by atoms with E-state index in [2.05, 4.69) is 10.3 Å². The molecule has 1 aromatic carbocycles. The molecule has 2 aromatic rings. The van der Waals surface area contributed by atoms with Gasteiger partial charge in [0.05, 0.1) is 10.7 Å². The molecular formula is C15H15N3O3S. The van der Waals surface area contributed by atoms with Gasteiger partial charge in [-0.2, -0.15) is 0 Å². The highest BCUT2D eigenvalue weighted by molar-refractivity contribution is 8.00. The molecule has 2 rings (SSSR count). The van der Waals surface area contributed by atoms with Crippen LogP contribution in [0.15, 0.2) is 53.6 Å². The number of thioether (sulfide) groups is 1. The van der Waals surface area contributed by atoms with Crippen LogP contribution in [-0.2, 0) is 11.2 Å². The van der Waals surface area contributed by atoms with Crippen LogP contribution in [0.5, 0.6) is 0 Å². The quantitative estimate of drug-likeness (QED) is 0.481. The summed E-state index contributed by atoms with van der Waals surface area (Å²) in [6, 6.07) is 11.8. The number of nitro groups is 1. The van der Waals surface area contributed by atoms with Gasteiger partial charge in [0.15, 0.2) is 0 Å². The largest absolute Gasteiger partial charge is 0.355 e. The van der Waals surface area contributed by atoms with Gasteiger partial charge in [0.1, 0.15) is 0 Å². The zero-order valence-electron chi connectivity index (χ0n) is 11.8. The monoisotopic (exact) mass is 317 g/mol. The number of carbonyl (C=O) groups excluding carboxylic acids is 1. The number of nitro benzene ring substituents is 1. The number of pyridine rings is 1. The maximum absolute atomic E-state index is 11.7. The Morgan fingerprint density at radius 1 is 1.23 bits per heavy atom. The third kappa shape index (κ3) is 5.17. The number of carbonyl (C=O) groups is 1. The Kier molecular flexibility index (Phi) is 5.91. The second-order valence-electron chi connectivity index (χ2n) is 4.46. The molecule has 0 aliphatic heterocycles. The standard InChI is InChI=1S/C15H15N3O3S/c19-15(17-10-8-12-3-1-2-9-16-12)11-22-14-6-4-13(5-7-14)18(20)21/h1-7,9H,8,10-11H2,(H,17,19). The number of non-ortho nitro benzene ring substituents is 1. The smallest absolute Gasteiger partial charge is 0.269 e. The van der Waals surface area contributed by atoms with Crippen molar-refractivity contribution in [3.63, 3.8) is 0 Å². The lowest BCUT2D eigenvalue weighted by Gasteiger charge is -2.05. The fraction of sp³-hybridized carbons (Fsp3) is 0.200. The van der Waals surface area contributed by atoms with Crippen LogP contribution in [0, 0.1) is 10.1 Å². The van der Waals surface area contributed by atoms with Crippen molar-refractivity contribution in [2.24, 2.45) is 0 Å². The van der Waals surface area contributed by atoms with E-state index in [1.54, 1.807) is 18.3 Å². The van der Waals surface area contributed by atoms with Crippen molar-refractivity contribution >= 4 is 23.4 Å². The van der Waals surface area contributed by atoms with Gasteiger partial charge < -0.3 is 5.32 Å². The molecule has 22 heavy (non-hydrogen) atoms. The first-order valence-electron chi connectivity index (χ1n) is 6.69. The number of rotatable bonds is 7. The van der Waals surface area contributed by atoms with Gasteiger partial charge in [-0.05, 0) is 24.3 Å². The Morgan fingerprint density at radius 2 is 2.00 bits per heavy atom. The second kappa shape index (κ2) is 8.14. The molecule has 1 heterocycles. The number of amides is 1. The first-order chi connectivity index (χ1) is 10.6. The molecule has 0 bridgehead atoms. The molecule has 0 saturated carbocycles. The topological polar surface area (TPSA) is 85.1 Å². The molecule has 0 aliphatic rings. The van der Waals surface area contributed by atoms with Crippen molar-refractivity contribution < 1.29 is 9.72 Å². The van der Waals surface area contributed by atoms with Gasteiger partial charge in [-0.25, -0.2) is 0 Å². The van der Waals surface area contributed by atoms with E-state index < -0.39 is 4.92 Å². The highest BCUT2D eigenvalue weighted by atomic mass is 32.2. The number of nitrogens with one attached hydrogen (secondary N) is 1. The van der Waals surface area contributed by atoms with Gasteiger partial charge in [-0.3, -0.25) is 19.9 Å². The van der Waals surface area contributed by atoms with Crippen molar-refractivity contribution in [1.82, 2.24) is 10.3 Å². The molecule has 0 saturated heterocycles. The molecule has 0 atom stereocenters. The summed E-state index contributed by atoms with van der Waals surface area (Å²) in [6.07, 6.45) is 2.41. The minimum Gasteiger partial charge on any atom is -0.355 e. The summed E-state index contributed by atoms with van der Waals surface area (Å²) < 4.78 is 0. The van der Waals surface area contributed by atoms with Crippen LogP contribution in [0.1, 0.15) is 5.69 Å². The van der Waals surface area contributed by atoms with E-state index in [9.17, 15) is 14.9 Å².